The summed E-state index contributed by atoms with van der Waals surface area (Å²) in [6, 6.07) is 70.3. The summed E-state index contributed by atoms with van der Waals surface area (Å²) in [5.74, 6) is 1.74. The van der Waals surface area contributed by atoms with E-state index in [2.05, 4.69) is 213 Å². The highest BCUT2D eigenvalue weighted by molar-refractivity contribution is 6.30. The maximum atomic E-state index is 7.05. The number of nitrogens with zero attached hydrogens (tertiary/aromatic N) is 2. The molecule has 11 aromatic carbocycles. The molecule has 5 heteroatoms. The van der Waals surface area contributed by atoms with E-state index in [9.17, 15) is 0 Å². The summed E-state index contributed by atoms with van der Waals surface area (Å²) in [6.07, 6.45) is 2.85. The second-order valence-electron chi connectivity index (χ2n) is 18.4. The van der Waals surface area contributed by atoms with Crippen molar-refractivity contribution in [2.45, 2.75) is 6.42 Å². The van der Waals surface area contributed by atoms with Gasteiger partial charge in [0.25, 0.3) is 0 Å². The summed E-state index contributed by atoms with van der Waals surface area (Å²) >= 11 is 0. The molecule has 0 bridgehead atoms. The van der Waals surface area contributed by atoms with E-state index in [1.165, 1.54) is 5.56 Å². The molecule has 70 heavy (non-hydrogen) atoms. The molecule has 0 N–H and O–H groups in total. The summed E-state index contributed by atoms with van der Waals surface area (Å²) in [5, 5.41) is 15.4. The molecule has 326 valence electrons. The molecule has 0 saturated carbocycles. The predicted octanol–water partition coefficient (Wildman–Crippen LogP) is 17.4. The van der Waals surface area contributed by atoms with Gasteiger partial charge < -0.3 is 13.6 Å². The van der Waals surface area contributed by atoms with Gasteiger partial charge in [0, 0.05) is 44.7 Å². The van der Waals surface area contributed by atoms with E-state index in [1.54, 1.807) is 0 Å². The van der Waals surface area contributed by atoms with Crippen LogP contribution in [-0.4, -0.2) is 9.97 Å². The van der Waals surface area contributed by atoms with Crippen LogP contribution < -0.4 is 4.74 Å². The van der Waals surface area contributed by atoms with Crippen LogP contribution in [-0.2, 0) is 6.42 Å². The van der Waals surface area contributed by atoms with Gasteiger partial charge in [-0.25, -0.2) is 9.97 Å². The van der Waals surface area contributed by atoms with Crippen molar-refractivity contribution >= 4 is 109 Å². The van der Waals surface area contributed by atoms with Crippen molar-refractivity contribution in [1.82, 2.24) is 9.97 Å². The fraction of sp³-hybridized carbons (Fsp3) is 0.0154. The number of ether oxygens (including phenoxy) is 1. The minimum Gasteiger partial charge on any atom is -0.457 e. The molecule has 0 atom stereocenters. The lowest BCUT2D eigenvalue weighted by Gasteiger charge is -2.17. The molecule has 14 aromatic rings. The highest BCUT2D eigenvalue weighted by Crippen LogP contribution is 2.47. The molecular weight excluding hydrogens is 857 g/mol. The lowest BCUT2D eigenvalue weighted by Crippen LogP contribution is -2.04. The van der Waals surface area contributed by atoms with Gasteiger partial charge in [-0.1, -0.05) is 170 Å². The number of benzene rings is 11. The molecule has 15 rings (SSSR count). The second kappa shape index (κ2) is 14.8. The van der Waals surface area contributed by atoms with Crippen molar-refractivity contribution in [3.8, 4) is 28.4 Å². The standard InChI is InChI=1S/C65H38N2O3/c1-37-50(32-41-17-2-3-18-42(41)33-51-45-21-9-4-14-38(45)26-29-56(51)68-37)54-36-55(52-34-43-19-7-12-24-48(43)61-59-46-22-10-5-15-39(46)27-30-57(59)69-63(52)61)67-65(66-54)53-35-44-20-8-13-25-49(44)62-60-47-23-11-6-16-40(47)28-31-58(60)70-64(53)62/h2-32,34-36H,1,33H2. The van der Waals surface area contributed by atoms with Gasteiger partial charge >= 0.3 is 0 Å². The summed E-state index contributed by atoms with van der Waals surface area (Å²) < 4.78 is 21.1. The van der Waals surface area contributed by atoms with E-state index >= 15 is 0 Å². The van der Waals surface area contributed by atoms with Crippen LogP contribution in [0.1, 0.15) is 22.4 Å². The quantitative estimate of drug-likeness (QED) is 0.177. The fourth-order valence-corrected chi connectivity index (χ4v) is 11.2. The van der Waals surface area contributed by atoms with Gasteiger partial charge in [-0.3, -0.25) is 0 Å². The Morgan fingerprint density at radius 3 is 1.54 bits per heavy atom. The highest BCUT2D eigenvalue weighted by Gasteiger charge is 2.26. The number of fused-ring (bicyclic) bond motifs is 18. The van der Waals surface area contributed by atoms with E-state index in [1.807, 2.05) is 0 Å². The number of rotatable bonds is 3. The molecule has 3 aromatic heterocycles. The SMILES string of the molecule is C=C1Oc2ccc3ccccc3c2Cc2ccccc2C=C1c1cc(-c2cc3ccccc3c3c2oc2ccc4ccccc4c23)nc(-c2cc3ccccc3c3c2oc2ccc4ccccc4c23)n1. The topological polar surface area (TPSA) is 61.3 Å². The molecule has 0 radical (unpaired) electrons. The van der Waals surface area contributed by atoms with E-state index in [0.29, 0.717) is 29.4 Å². The Kier molecular flexibility index (Phi) is 8.21. The average Bonchev–Trinajstić information content (AvgIpc) is 4.02. The Balaban J connectivity index is 1.05. The molecule has 4 heterocycles. The minimum atomic E-state index is 0.474. The Hall–Kier alpha value is -9.32. The lowest BCUT2D eigenvalue weighted by molar-refractivity contribution is 0.448. The summed E-state index contributed by atoms with van der Waals surface area (Å²) in [6.45, 7) is 4.68. The van der Waals surface area contributed by atoms with E-state index in [4.69, 9.17) is 23.5 Å². The number of aromatic nitrogens is 2. The van der Waals surface area contributed by atoms with Crippen LogP contribution in [0.25, 0.3) is 132 Å². The molecule has 0 spiro atoms. The second-order valence-corrected chi connectivity index (χ2v) is 18.4. The van der Waals surface area contributed by atoms with Crippen molar-refractivity contribution in [2.75, 3.05) is 0 Å². The third kappa shape index (κ3) is 5.79. The number of allylic oxidation sites excluding steroid dienone is 1. The van der Waals surface area contributed by atoms with E-state index in [0.717, 1.165) is 131 Å². The molecule has 0 unspecified atom stereocenters. The van der Waals surface area contributed by atoms with Gasteiger partial charge in [0.05, 0.1) is 17.0 Å². The zero-order valence-corrected chi connectivity index (χ0v) is 37.7. The molecule has 1 aliphatic heterocycles. The van der Waals surface area contributed by atoms with Gasteiger partial charge in [0.2, 0.25) is 0 Å². The van der Waals surface area contributed by atoms with Crippen LogP contribution >= 0.6 is 0 Å². The Morgan fingerprint density at radius 1 is 0.414 bits per heavy atom. The van der Waals surface area contributed by atoms with E-state index in [-0.39, 0.29) is 0 Å². The molecule has 0 amide bonds. The first-order valence-electron chi connectivity index (χ1n) is 23.7. The highest BCUT2D eigenvalue weighted by atomic mass is 16.5. The van der Waals surface area contributed by atoms with Crippen LogP contribution in [0.15, 0.2) is 221 Å². The van der Waals surface area contributed by atoms with Gasteiger partial charge in [-0.15, -0.1) is 0 Å². The van der Waals surface area contributed by atoms with Crippen LogP contribution in [0.2, 0.25) is 0 Å². The van der Waals surface area contributed by atoms with Crippen LogP contribution in [0, 0.1) is 0 Å². The minimum absolute atomic E-state index is 0.474. The predicted molar refractivity (Wildman–Crippen MR) is 288 cm³/mol. The van der Waals surface area contributed by atoms with Crippen molar-refractivity contribution in [3.05, 3.63) is 235 Å². The summed E-state index contributed by atoms with van der Waals surface area (Å²) in [5.41, 5.74) is 10.1. The maximum Gasteiger partial charge on any atom is 0.164 e. The average molecular weight is 895 g/mol. The van der Waals surface area contributed by atoms with Gasteiger partial charge in [-0.05, 0) is 107 Å². The Morgan fingerprint density at radius 2 is 0.900 bits per heavy atom. The lowest BCUT2D eigenvalue weighted by atomic mass is 9.94. The smallest absolute Gasteiger partial charge is 0.164 e. The van der Waals surface area contributed by atoms with Crippen molar-refractivity contribution in [2.24, 2.45) is 0 Å². The first-order valence-corrected chi connectivity index (χ1v) is 23.7. The first-order chi connectivity index (χ1) is 34.6. The molecule has 0 aliphatic carbocycles. The van der Waals surface area contributed by atoms with Crippen LogP contribution in [0.3, 0.4) is 0 Å². The Bertz CT molecular complexity index is 4420. The van der Waals surface area contributed by atoms with Gasteiger partial charge in [0.1, 0.15) is 33.8 Å². The molecule has 0 fully saturated rings. The van der Waals surface area contributed by atoms with Gasteiger partial charge in [-0.2, -0.15) is 0 Å². The first kappa shape index (κ1) is 38.8. The largest absolute Gasteiger partial charge is 0.457 e. The third-order valence-electron chi connectivity index (χ3n) is 14.5. The zero-order valence-electron chi connectivity index (χ0n) is 37.7. The summed E-state index contributed by atoms with van der Waals surface area (Å²) in [7, 11) is 0. The van der Waals surface area contributed by atoms with Crippen molar-refractivity contribution < 1.29 is 13.6 Å². The Labute approximate surface area is 400 Å². The van der Waals surface area contributed by atoms with Crippen molar-refractivity contribution in [3.63, 3.8) is 0 Å². The molecule has 1 aliphatic rings. The third-order valence-corrected chi connectivity index (χ3v) is 14.5. The monoisotopic (exact) mass is 894 g/mol. The zero-order chi connectivity index (χ0) is 46.0. The summed E-state index contributed by atoms with van der Waals surface area (Å²) in [4.78, 5) is 11.2. The van der Waals surface area contributed by atoms with Crippen LogP contribution in [0.5, 0.6) is 5.75 Å². The maximum absolute atomic E-state index is 7.05. The van der Waals surface area contributed by atoms with Gasteiger partial charge in [0.15, 0.2) is 5.82 Å². The number of hydrogen-bond donors (Lipinski definition) is 0. The van der Waals surface area contributed by atoms with Crippen LogP contribution in [0.4, 0.5) is 0 Å². The normalized spacial score (nSPS) is 13.0. The van der Waals surface area contributed by atoms with E-state index < -0.39 is 0 Å². The van der Waals surface area contributed by atoms with Crippen molar-refractivity contribution in [1.29, 1.82) is 0 Å². The number of furan rings is 2. The molecular formula is C65H38N2O3. The molecule has 0 saturated heterocycles. The fourth-order valence-electron chi connectivity index (χ4n) is 11.2. The number of hydrogen-bond acceptors (Lipinski definition) is 5. The molecule has 5 nitrogen and oxygen atoms in total.